The van der Waals surface area contributed by atoms with Crippen LogP contribution in [-0.2, 0) is 12.8 Å². The molecule has 11 heteroatoms. The van der Waals surface area contributed by atoms with Crippen molar-refractivity contribution < 1.29 is 4.79 Å². The number of carbonyl (C=O) groups excluding carboxylic acids is 1. The number of aromatic nitrogens is 7. The Bertz CT molecular complexity index is 1180. The van der Waals surface area contributed by atoms with Crippen molar-refractivity contribution in [3.63, 3.8) is 0 Å². The van der Waals surface area contributed by atoms with Crippen LogP contribution in [-0.4, -0.2) is 52.7 Å². The summed E-state index contributed by atoms with van der Waals surface area (Å²) in [6.07, 6.45) is 9.25. The minimum Gasteiger partial charge on any atom is -0.342 e. The van der Waals surface area contributed by atoms with Gasteiger partial charge < -0.3 is 5.32 Å². The summed E-state index contributed by atoms with van der Waals surface area (Å²) >= 11 is 3.34. The van der Waals surface area contributed by atoms with Gasteiger partial charge in [-0.1, -0.05) is 6.07 Å². The van der Waals surface area contributed by atoms with Crippen LogP contribution < -0.4 is 5.32 Å². The number of tetrazole rings is 1. The smallest absolute Gasteiger partial charge is 0.255 e. The number of amides is 1. The minimum atomic E-state index is -0.249. The SMILES string of the molecule is CSCC[C@H](NC(=O)c1c(-n2cnnn2)sc2c1CCC2)c1nnc2ccccn12. The summed E-state index contributed by atoms with van der Waals surface area (Å²) in [5, 5.41) is 24.1. The number of rotatable bonds is 7. The number of hydrogen-bond acceptors (Lipinski definition) is 8. The average molecular weight is 441 g/mol. The van der Waals surface area contributed by atoms with Gasteiger partial charge in [-0.15, -0.1) is 26.6 Å². The van der Waals surface area contributed by atoms with E-state index in [2.05, 4.69) is 37.3 Å². The minimum absolute atomic E-state index is 0.112. The Labute approximate surface area is 180 Å². The summed E-state index contributed by atoms with van der Waals surface area (Å²) < 4.78 is 3.52. The first-order valence-electron chi connectivity index (χ1n) is 9.73. The molecule has 0 saturated heterocycles. The molecule has 0 spiro atoms. The quantitative estimate of drug-likeness (QED) is 0.471. The van der Waals surface area contributed by atoms with Crippen molar-refractivity contribution in [2.45, 2.75) is 31.7 Å². The third-order valence-corrected chi connectivity index (χ3v) is 7.18. The standard InChI is InChI=1S/C19H20N8OS2/c1-29-10-8-13(17-23-22-15-7-2-3-9-26(15)17)21-18(28)16-12-5-4-6-14(12)30-19(16)27-11-20-24-25-27/h2-3,7,9,11,13H,4-6,8,10H2,1H3,(H,21,28)/t13-/m0/s1. The van der Waals surface area contributed by atoms with Gasteiger partial charge in [0.2, 0.25) is 0 Å². The lowest BCUT2D eigenvalue weighted by Gasteiger charge is -2.18. The van der Waals surface area contributed by atoms with E-state index in [0.717, 1.165) is 53.5 Å². The van der Waals surface area contributed by atoms with Gasteiger partial charge in [0, 0.05) is 11.1 Å². The lowest BCUT2D eigenvalue weighted by Crippen LogP contribution is -2.31. The molecular weight excluding hydrogens is 420 g/mol. The van der Waals surface area contributed by atoms with Crippen LogP contribution in [0.15, 0.2) is 30.7 Å². The van der Waals surface area contributed by atoms with E-state index in [4.69, 9.17) is 0 Å². The largest absolute Gasteiger partial charge is 0.342 e. The van der Waals surface area contributed by atoms with E-state index in [9.17, 15) is 4.79 Å². The summed E-state index contributed by atoms with van der Waals surface area (Å²) in [6.45, 7) is 0. The van der Waals surface area contributed by atoms with Crippen molar-refractivity contribution in [3.05, 3.63) is 52.6 Å². The Morgan fingerprint density at radius 3 is 3.10 bits per heavy atom. The van der Waals surface area contributed by atoms with Crippen LogP contribution in [0.2, 0.25) is 0 Å². The number of fused-ring (bicyclic) bond motifs is 2. The van der Waals surface area contributed by atoms with Crippen molar-refractivity contribution in [3.8, 4) is 5.00 Å². The lowest BCUT2D eigenvalue weighted by molar-refractivity contribution is 0.0933. The van der Waals surface area contributed by atoms with Gasteiger partial charge in [-0.3, -0.25) is 9.20 Å². The second-order valence-electron chi connectivity index (χ2n) is 7.09. The molecule has 1 aliphatic rings. The Morgan fingerprint density at radius 1 is 1.33 bits per heavy atom. The zero-order valence-corrected chi connectivity index (χ0v) is 18.0. The number of thiophene rings is 1. The normalized spacial score (nSPS) is 14.2. The molecule has 1 aliphatic carbocycles. The fourth-order valence-corrected chi connectivity index (χ4v) is 5.64. The number of carbonyl (C=O) groups is 1. The van der Waals surface area contributed by atoms with Crippen LogP contribution in [0.1, 0.15) is 45.5 Å². The molecule has 154 valence electrons. The Kier molecular flexibility index (Phi) is 5.21. The summed E-state index contributed by atoms with van der Waals surface area (Å²) in [5.41, 5.74) is 2.57. The molecule has 30 heavy (non-hydrogen) atoms. The van der Waals surface area contributed by atoms with Gasteiger partial charge in [0.1, 0.15) is 11.3 Å². The van der Waals surface area contributed by atoms with E-state index < -0.39 is 0 Å². The van der Waals surface area contributed by atoms with E-state index in [1.807, 2.05) is 28.8 Å². The van der Waals surface area contributed by atoms with Gasteiger partial charge in [0.05, 0.1) is 11.6 Å². The van der Waals surface area contributed by atoms with E-state index >= 15 is 0 Å². The fraction of sp³-hybridized carbons (Fsp3) is 0.368. The molecule has 0 aliphatic heterocycles. The lowest BCUT2D eigenvalue weighted by atomic mass is 10.1. The van der Waals surface area contributed by atoms with Gasteiger partial charge >= 0.3 is 0 Å². The van der Waals surface area contributed by atoms with Crippen LogP contribution in [0, 0.1) is 0 Å². The van der Waals surface area contributed by atoms with Crippen molar-refractivity contribution in [2.24, 2.45) is 0 Å². The number of nitrogens with one attached hydrogen (secondary N) is 1. The third-order valence-electron chi connectivity index (χ3n) is 5.25. The number of nitrogens with zero attached hydrogens (tertiary/aromatic N) is 7. The van der Waals surface area contributed by atoms with Crippen molar-refractivity contribution >= 4 is 34.7 Å². The molecule has 4 heterocycles. The Morgan fingerprint density at radius 2 is 2.27 bits per heavy atom. The second-order valence-corrected chi connectivity index (χ2v) is 9.16. The maximum Gasteiger partial charge on any atom is 0.255 e. The maximum atomic E-state index is 13.5. The van der Waals surface area contributed by atoms with Crippen molar-refractivity contribution in [2.75, 3.05) is 12.0 Å². The maximum absolute atomic E-state index is 13.5. The monoisotopic (exact) mass is 440 g/mol. The summed E-state index contributed by atoms with van der Waals surface area (Å²) in [7, 11) is 0. The summed E-state index contributed by atoms with van der Waals surface area (Å²) in [5.74, 6) is 1.52. The van der Waals surface area contributed by atoms with Crippen LogP contribution in [0.3, 0.4) is 0 Å². The molecule has 0 radical (unpaired) electrons. The van der Waals surface area contributed by atoms with Crippen LogP contribution in [0.4, 0.5) is 0 Å². The molecule has 0 unspecified atom stereocenters. The highest BCUT2D eigenvalue weighted by molar-refractivity contribution is 7.98. The van der Waals surface area contributed by atoms with Crippen LogP contribution in [0.5, 0.6) is 0 Å². The van der Waals surface area contributed by atoms with Gasteiger partial charge in [-0.25, -0.2) is 0 Å². The number of pyridine rings is 1. The van der Waals surface area contributed by atoms with Crippen molar-refractivity contribution in [1.82, 2.24) is 40.1 Å². The first-order chi connectivity index (χ1) is 14.8. The molecule has 1 N–H and O–H groups in total. The molecule has 0 fully saturated rings. The van der Waals surface area contributed by atoms with E-state index in [-0.39, 0.29) is 11.9 Å². The number of aryl methyl sites for hydroxylation is 1. The third kappa shape index (κ3) is 3.37. The van der Waals surface area contributed by atoms with Gasteiger partial charge in [0.15, 0.2) is 11.5 Å². The zero-order valence-electron chi connectivity index (χ0n) is 16.4. The highest BCUT2D eigenvalue weighted by Gasteiger charge is 2.30. The van der Waals surface area contributed by atoms with E-state index in [1.165, 1.54) is 11.2 Å². The Balaban J connectivity index is 1.51. The van der Waals surface area contributed by atoms with Gasteiger partial charge in [-0.05, 0) is 65.8 Å². The summed E-state index contributed by atoms with van der Waals surface area (Å²) in [4.78, 5) is 14.8. The zero-order chi connectivity index (χ0) is 20.5. The topological polar surface area (TPSA) is 103 Å². The summed E-state index contributed by atoms with van der Waals surface area (Å²) in [6, 6.07) is 5.53. The molecule has 0 bridgehead atoms. The molecule has 4 aromatic rings. The van der Waals surface area contributed by atoms with Crippen LogP contribution >= 0.6 is 23.1 Å². The molecule has 0 saturated carbocycles. The predicted octanol–water partition coefficient (Wildman–Crippen LogP) is 2.48. The molecular formula is C19H20N8OS2. The highest BCUT2D eigenvalue weighted by atomic mass is 32.2. The van der Waals surface area contributed by atoms with Gasteiger partial charge in [-0.2, -0.15) is 16.4 Å². The fourth-order valence-electron chi connectivity index (χ4n) is 3.87. The number of thioether (sulfide) groups is 1. The molecule has 9 nitrogen and oxygen atoms in total. The molecule has 1 atom stereocenters. The number of hydrogen-bond donors (Lipinski definition) is 1. The van der Waals surface area contributed by atoms with Crippen LogP contribution in [0.25, 0.3) is 10.6 Å². The Hall–Kier alpha value is -2.79. The first-order valence-corrected chi connectivity index (χ1v) is 11.9. The van der Waals surface area contributed by atoms with Crippen molar-refractivity contribution in [1.29, 1.82) is 0 Å². The van der Waals surface area contributed by atoms with E-state index in [0.29, 0.717) is 5.56 Å². The average Bonchev–Trinajstić information content (AvgIpc) is 3.53. The molecule has 0 aromatic carbocycles. The highest BCUT2D eigenvalue weighted by Crippen LogP contribution is 2.37. The molecule has 1 amide bonds. The van der Waals surface area contributed by atoms with E-state index in [1.54, 1.807) is 27.8 Å². The first kappa shape index (κ1) is 19.2. The second kappa shape index (κ2) is 8.15. The molecule has 4 aromatic heterocycles. The predicted molar refractivity (Wildman–Crippen MR) is 115 cm³/mol. The van der Waals surface area contributed by atoms with Gasteiger partial charge in [0.25, 0.3) is 5.91 Å². The molecule has 5 rings (SSSR count).